The smallest absolute Gasteiger partial charge is 0.271 e. The van der Waals surface area contributed by atoms with Gasteiger partial charge in [0.2, 0.25) is 5.91 Å². The molecule has 0 saturated carbocycles. The van der Waals surface area contributed by atoms with E-state index in [1.54, 1.807) is 6.07 Å². The van der Waals surface area contributed by atoms with Gasteiger partial charge in [0, 0.05) is 24.7 Å². The molecule has 0 radical (unpaired) electrons. The lowest BCUT2D eigenvalue weighted by atomic mass is 10.3. The Labute approximate surface area is 102 Å². The van der Waals surface area contributed by atoms with E-state index in [1.807, 2.05) is 0 Å². The van der Waals surface area contributed by atoms with Crippen molar-refractivity contribution in [3.05, 3.63) is 34.4 Å². The number of nitro groups is 1. The molecule has 0 saturated heterocycles. The molecule has 96 valence electrons. The number of amides is 2. The zero-order valence-electron chi connectivity index (χ0n) is 9.60. The molecule has 8 nitrogen and oxygen atoms in total. The van der Waals surface area contributed by atoms with Gasteiger partial charge < -0.3 is 5.32 Å². The standard InChI is InChI=1S/C10H12N4O4/c1-7(15)12-13-10(16)6-11-8-3-2-4-9(5-8)14(17)18/h2-5,11H,6H2,1H3,(H,12,15)(H,13,16). The Balaban J connectivity index is 2.48. The largest absolute Gasteiger partial charge is 0.376 e. The topological polar surface area (TPSA) is 113 Å². The van der Waals surface area contributed by atoms with Crippen LogP contribution in [0.1, 0.15) is 6.92 Å². The number of anilines is 1. The number of carbonyl (C=O) groups is 2. The lowest BCUT2D eigenvalue weighted by Gasteiger charge is -2.07. The predicted octanol–water partition coefficient (Wildman–Crippen LogP) is 0.174. The van der Waals surface area contributed by atoms with Crippen LogP contribution in [0.2, 0.25) is 0 Å². The van der Waals surface area contributed by atoms with E-state index < -0.39 is 16.7 Å². The summed E-state index contributed by atoms with van der Waals surface area (Å²) in [5.41, 5.74) is 4.66. The summed E-state index contributed by atoms with van der Waals surface area (Å²) < 4.78 is 0. The summed E-state index contributed by atoms with van der Waals surface area (Å²) in [5.74, 6) is -0.851. The van der Waals surface area contributed by atoms with Crippen LogP contribution in [0.4, 0.5) is 11.4 Å². The second kappa shape index (κ2) is 6.18. The van der Waals surface area contributed by atoms with E-state index in [4.69, 9.17) is 0 Å². The van der Waals surface area contributed by atoms with Crippen molar-refractivity contribution >= 4 is 23.2 Å². The number of rotatable bonds is 4. The summed E-state index contributed by atoms with van der Waals surface area (Å²) >= 11 is 0. The number of benzene rings is 1. The Morgan fingerprint density at radius 3 is 2.67 bits per heavy atom. The first-order valence-electron chi connectivity index (χ1n) is 5.03. The number of nitrogens with zero attached hydrogens (tertiary/aromatic N) is 1. The van der Waals surface area contributed by atoms with Gasteiger partial charge in [0.05, 0.1) is 11.5 Å². The fourth-order valence-corrected chi connectivity index (χ4v) is 1.11. The third-order valence-corrected chi connectivity index (χ3v) is 1.89. The molecule has 1 aromatic carbocycles. The van der Waals surface area contributed by atoms with Crippen molar-refractivity contribution in [2.24, 2.45) is 0 Å². The summed E-state index contributed by atoms with van der Waals surface area (Å²) in [4.78, 5) is 31.7. The van der Waals surface area contributed by atoms with Crippen LogP contribution in [0.25, 0.3) is 0 Å². The van der Waals surface area contributed by atoms with Crippen LogP contribution < -0.4 is 16.2 Å². The van der Waals surface area contributed by atoms with Crippen molar-refractivity contribution < 1.29 is 14.5 Å². The molecule has 0 unspecified atom stereocenters. The number of hydrazine groups is 1. The van der Waals surface area contributed by atoms with Gasteiger partial charge >= 0.3 is 0 Å². The maximum Gasteiger partial charge on any atom is 0.271 e. The monoisotopic (exact) mass is 252 g/mol. The molecule has 0 bridgehead atoms. The lowest BCUT2D eigenvalue weighted by Crippen LogP contribution is -2.43. The molecule has 0 heterocycles. The van der Waals surface area contributed by atoms with Crippen molar-refractivity contribution in [2.45, 2.75) is 6.92 Å². The molecule has 0 aliphatic carbocycles. The van der Waals surface area contributed by atoms with Crippen LogP contribution in [0.3, 0.4) is 0 Å². The quantitative estimate of drug-likeness (QED) is 0.522. The van der Waals surface area contributed by atoms with E-state index in [0.717, 1.165) is 0 Å². The average Bonchev–Trinajstić information content (AvgIpc) is 2.34. The molecule has 0 spiro atoms. The number of carbonyl (C=O) groups excluding carboxylic acids is 2. The van der Waals surface area contributed by atoms with E-state index in [0.29, 0.717) is 5.69 Å². The van der Waals surface area contributed by atoms with Gasteiger partial charge in [-0.15, -0.1) is 0 Å². The SMILES string of the molecule is CC(=O)NNC(=O)CNc1cccc([N+](=O)[O-])c1. The Morgan fingerprint density at radius 1 is 1.33 bits per heavy atom. The van der Waals surface area contributed by atoms with E-state index in [-0.39, 0.29) is 12.2 Å². The Hall–Kier alpha value is -2.64. The molecule has 8 heteroatoms. The fraction of sp³-hybridized carbons (Fsp3) is 0.200. The predicted molar refractivity (Wildman–Crippen MR) is 63.5 cm³/mol. The van der Waals surface area contributed by atoms with Gasteiger partial charge in [-0.2, -0.15) is 0 Å². The highest BCUT2D eigenvalue weighted by molar-refractivity contribution is 5.83. The molecular formula is C10H12N4O4. The van der Waals surface area contributed by atoms with Crippen molar-refractivity contribution in [1.82, 2.24) is 10.9 Å². The molecule has 1 aromatic rings. The van der Waals surface area contributed by atoms with Gasteiger partial charge in [-0.1, -0.05) is 6.07 Å². The molecule has 18 heavy (non-hydrogen) atoms. The molecule has 0 aromatic heterocycles. The Bertz CT molecular complexity index is 475. The van der Waals surface area contributed by atoms with Crippen LogP contribution in [-0.2, 0) is 9.59 Å². The zero-order chi connectivity index (χ0) is 13.5. The third kappa shape index (κ3) is 4.47. The first-order chi connectivity index (χ1) is 8.49. The van der Waals surface area contributed by atoms with Crippen LogP contribution in [0, 0.1) is 10.1 Å². The van der Waals surface area contributed by atoms with Crippen LogP contribution in [0.5, 0.6) is 0 Å². The molecule has 0 aliphatic rings. The summed E-state index contributed by atoms with van der Waals surface area (Å²) in [6.07, 6.45) is 0. The Morgan fingerprint density at radius 2 is 2.06 bits per heavy atom. The van der Waals surface area contributed by atoms with Gasteiger partial charge in [0.25, 0.3) is 11.6 Å². The first-order valence-corrected chi connectivity index (χ1v) is 5.03. The second-order valence-corrected chi connectivity index (χ2v) is 3.39. The van der Waals surface area contributed by atoms with E-state index in [1.165, 1.54) is 25.1 Å². The minimum Gasteiger partial charge on any atom is -0.376 e. The summed E-state index contributed by atoms with van der Waals surface area (Å²) in [5, 5.41) is 13.2. The second-order valence-electron chi connectivity index (χ2n) is 3.39. The number of hydrogen-bond donors (Lipinski definition) is 3. The molecule has 0 atom stereocenters. The molecule has 3 N–H and O–H groups in total. The highest BCUT2D eigenvalue weighted by Gasteiger charge is 2.06. The van der Waals surface area contributed by atoms with Gasteiger partial charge in [-0.3, -0.25) is 30.6 Å². The van der Waals surface area contributed by atoms with Gasteiger partial charge in [0.1, 0.15) is 0 Å². The van der Waals surface area contributed by atoms with E-state index >= 15 is 0 Å². The van der Waals surface area contributed by atoms with Crippen molar-refractivity contribution in [2.75, 3.05) is 11.9 Å². The maximum atomic E-state index is 11.2. The van der Waals surface area contributed by atoms with Crippen LogP contribution in [0.15, 0.2) is 24.3 Å². The highest BCUT2D eigenvalue weighted by Crippen LogP contribution is 2.16. The van der Waals surface area contributed by atoms with Crippen LogP contribution >= 0.6 is 0 Å². The van der Waals surface area contributed by atoms with Gasteiger partial charge in [0.15, 0.2) is 0 Å². The highest BCUT2D eigenvalue weighted by atomic mass is 16.6. The lowest BCUT2D eigenvalue weighted by molar-refractivity contribution is -0.384. The van der Waals surface area contributed by atoms with Gasteiger partial charge in [-0.05, 0) is 6.07 Å². The van der Waals surface area contributed by atoms with E-state index in [9.17, 15) is 19.7 Å². The molecule has 0 fully saturated rings. The fourth-order valence-electron chi connectivity index (χ4n) is 1.11. The van der Waals surface area contributed by atoms with Crippen molar-refractivity contribution in [3.8, 4) is 0 Å². The third-order valence-electron chi connectivity index (χ3n) is 1.89. The Kier molecular flexibility index (Phi) is 4.61. The number of non-ortho nitro benzene ring substituents is 1. The zero-order valence-corrected chi connectivity index (χ0v) is 9.60. The number of hydrogen-bond acceptors (Lipinski definition) is 5. The minimum absolute atomic E-state index is 0.0673. The summed E-state index contributed by atoms with van der Waals surface area (Å²) in [6.45, 7) is 1.15. The molecule has 1 rings (SSSR count). The molecule has 0 aliphatic heterocycles. The molecule has 2 amide bonds. The normalized spacial score (nSPS) is 9.39. The number of nitro benzene ring substituents is 1. The van der Waals surface area contributed by atoms with Crippen molar-refractivity contribution in [1.29, 1.82) is 0 Å². The first kappa shape index (κ1) is 13.4. The molecular weight excluding hydrogens is 240 g/mol. The minimum atomic E-state index is -0.525. The summed E-state index contributed by atoms with van der Waals surface area (Å²) in [6, 6.07) is 5.76. The van der Waals surface area contributed by atoms with Crippen molar-refractivity contribution in [3.63, 3.8) is 0 Å². The summed E-state index contributed by atoms with van der Waals surface area (Å²) in [7, 11) is 0. The van der Waals surface area contributed by atoms with Crippen LogP contribution in [-0.4, -0.2) is 23.3 Å². The van der Waals surface area contributed by atoms with Gasteiger partial charge in [-0.25, -0.2) is 0 Å². The average molecular weight is 252 g/mol. The van der Waals surface area contributed by atoms with E-state index in [2.05, 4.69) is 16.2 Å². The number of nitrogens with one attached hydrogen (secondary N) is 3. The maximum absolute atomic E-state index is 11.2.